The van der Waals surface area contributed by atoms with Gasteiger partial charge in [0.15, 0.2) is 16.1 Å². The molecule has 120 valence electrons. The first-order chi connectivity index (χ1) is 9.37. The highest BCUT2D eigenvalue weighted by molar-refractivity contribution is 8.01. The predicted octanol–water partition coefficient (Wildman–Crippen LogP) is 0.132. The Kier molecular flexibility index (Phi) is 6.75. The third-order valence-corrected chi connectivity index (χ3v) is 7.20. The van der Waals surface area contributed by atoms with Crippen LogP contribution in [0.3, 0.4) is 0 Å². The van der Waals surface area contributed by atoms with Crippen molar-refractivity contribution in [3.8, 4) is 0 Å². The van der Waals surface area contributed by atoms with Crippen LogP contribution < -0.4 is 5.73 Å². The molecule has 0 aromatic heterocycles. The van der Waals surface area contributed by atoms with Gasteiger partial charge in [-0.15, -0.1) is 0 Å². The Labute approximate surface area is 126 Å². The molecule has 1 fully saturated rings. The Morgan fingerprint density at radius 1 is 1.45 bits per heavy atom. The van der Waals surface area contributed by atoms with Crippen molar-refractivity contribution >= 4 is 21.6 Å². The van der Waals surface area contributed by atoms with E-state index < -0.39 is 27.0 Å². The highest BCUT2D eigenvalue weighted by Crippen LogP contribution is 2.31. The summed E-state index contributed by atoms with van der Waals surface area (Å²) in [5.74, 6) is 1.57. The lowest BCUT2D eigenvalue weighted by Crippen LogP contribution is -2.66. The Balaban J connectivity index is 3.15. The zero-order valence-corrected chi connectivity index (χ0v) is 14.3. The number of ether oxygens (including phenoxy) is 2. The first-order valence-corrected chi connectivity index (χ1v) is 9.56. The maximum absolute atomic E-state index is 12.3. The molecule has 1 aliphatic rings. The number of thioether (sulfide) groups is 1. The minimum atomic E-state index is -3.18. The average Bonchev–Trinajstić information content (AvgIpc) is 2.48. The van der Waals surface area contributed by atoms with E-state index in [1.54, 1.807) is 32.9 Å². The van der Waals surface area contributed by atoms with Crippen LogP contribution in [0.2, 0.25) is 0 Å². The van der Waals surface area contributed by atoms with Crippen LogP contribution in [0.5, 0.6) is 0 Å². The second-order valence-corrected chi connectivity index (χ2v) is 8.64. The maximum Gasteiger partial charge on any atom is 0.176 e. The van der Waals surface area contributed by atoms with Gasteiger partial charge in [0.2, 0.25) is 0 Å². The number of nitrogens with two attached hydrogens (primary N) is 1. The van der Waals surface area contributed by atoms with Crippen LogP contribution in [0.1, 0.15) is 13.8 Å². The van der Waals surface area contributed by atoms with E-state index in [1.807, 2.05) is 11.8 Å². The van der Waals surface area contributed by atoms with Crippen LogP contribution in [0.25, 0.3) is 0 Å². The van der Waals surface area contributed by atoms with Crippen molar-refractivity contribution in [2.45, 2.75) is 31.1 Å². The number of hydrogen-bond acceptors (Lipinski definition) is 7. The molecule has 1 rings (SSSR count). The van der Waals surface area contributed by atoms with Gasteiger partial charge in [0.25, 0.3) is 0 Å². The normalized spacial score (nSPS) is 24.8. The smallest absolute Gasteiger partial charge is 0.176 e. The second-order valence-electron chi connectivity index (χ2n) is 5.04. The first kappa shape index (κ1) is 18.2. The quantitative estimate of drug-likeness (QED) is 0.666. The molecule has 0 aliphatic carbocycles. The highest BCUT2D eigenvalue weighted by Gasteiger charge is 2.47. The average molecular weight is 326 g/mol. The minimum Gasteiger partial charge on any atom is -0.354 e. The molecular weight excluding hydrogens is 300 g/mol. The maximum atomic E-state index is 12.3. The van der Waals surface area contributed by atoms with E-state index in [9.17, 15) is 8.42 Å². The predicted molar refractivity (Wildman–Crippen MR) is 82.5 cm³/mol. The largest absolute Gasteiger partial charge is 0.354 e. The van der Waals surface area contributed by atoms with Crippen LogP contribution >= 0.6 is 11.8 Å². The van der Waals surface area contributed by atoms with Gasteiger partial charge in [-0.05, 0) is 6.92 Å². The summed E-state index contributed by atoms with van der Waals surface area (Å²) in [7, 11) is -0.0837. The molecule has 1 aliphatic heterocycles. The van der Waals surface area contributed by atoms with E-state index in [1.165, 1.54) is 0 Å². The first-order valence-electron chi connectivity index (χ1n) is 6.69. The number of nitrogens with zero attached hydrogens (tertiary/aromatic N) is 1. The molecular formula is C12H26N2O4S2. The molecule has 0 saturated carbocycles. The van der Waals surface area contributed by atoms with Crippen molar-refractivity contribution in [1.29, 1.82) is 0 Å². The third kappa shape index (κ3) is 3.48. The van der Waals surface area contributed by atoms with Gasteiger partial charge in [0, 0.05) is 44.6 Å². The minimum absolute atomic E-state index is 0.125. The van der Waals surface area contributed by atoms with Gasteiger partial charge < -0.3 is 15.2 Å². The molecule has 20 heavy (non-hydrogen) atoms. The van der Waals surface area contributed by atoms with Crippen molar-refractivity contribution in [2.24, 2.45) is 5.73 Å². The zero-order valence-electron chi connectivity index (χ0n) is 12.7. The summed E-state index contributed by atoms with van der Waals surface area (Å²) in [5, 5.41) is -0.535. The van der Waals surface area contributed by atoms with Gasteiger partial charge in [-0.3, -0.25) is 4.90 Å². The van der Waals surface area contributed by atoms with Crippen LogP contribution in [0.15, 0.2) is 0 Å². The molecule has 0 aromatic carbocycles. The van der Waals surface area contributed by atoms with Crippen LogP contribution in [0, 0.1) is 0 Å². The van der Waals surface area contributed by atoms with Gasteiger partial charge in [-0.2, -0.15) is 11.8 Å². The van der Waals surface area contributed by atoms with E-state index in [2.05, 4.69) is 0 Å². The van der Waals surface area contributed by atoms with Crippen LogP contribution in [-0.4, -0.2) is 75.1 Å². The fourth-order valence-electron chi connectivity index (χ4n) is 2.61. The van der Waals surface area contributed by atoms with E-state index >= 15 is 0 Å². The Hall–Kier alpha value is 0.140. The summed E-state index contributed by atoms with van der Waals surface area (Å²) in [6, 6.07) is 0. The number of hydrogen-bond donors (Lipinski definition) is 1. The van der Waals surface area contributed by atoms with Crippen molar-refractivity contribution in [3.63, 3.8) is 0 Å². The fourth-order valence-corrected chi connectivity index (χ4v) is 5.72. The molecule has 2 N–H and O–H groups in total. The summed E-state index contributed by atoms with van der Waals surface area (Å²) in [5.41, 5.74) is 5.26. The molecule has 0 bridgehead atoms. The van der Waals surface area contributed by atoms with Crippen LogP contribution in [0.4, 0.5) is 0 Å². The highest BCUT2D eigenvalue weighted by atomic mass is 32.2. The second kappa shape index (κ2) is 7.42. The van der Waals surface area contributed by atoms with E-state index in [0.717, 1.165) is 5.75 Å². The molecule has 0 radical (unpaired) electrons. The van der Waals surface area contributed by atoms with E-state index in [0.29, 0.717) is 12.3 Å². The Morgan fingerprint density at radius 2 is 2.05 bits per heavy atom. The lowest BCUT2D eigenvalue weighted by Gasteiger charge is -2.49. The van der Waals surface area contributed by atoms with Crippen LogP contribution in [-0.2, 0) is 19.3 Å². The van der Waals surface area contributed by atoms with Gasteiger partial charge in [-0.1, -0.05) is 6.92 Å². The molecule has 2 unspecified atom stereocenters. The monoisotopic (exact) mass is 326 g/mol. The molecule has 1 saturated heterocycles. The lowest BCUT2D eigenvalue weighted by atomic mass is 9.98. The van der Waals surface area contributed by atoms with Crippen molar-refractivity contribution in [3.05, 3.63) is 0 Å². The van der Waals surface area contributed by atoms with Gasteiger partial charge >= 0.3 is 0 Å². The summed E-state index contributed by atoms with van der Waals surface area (Å²) >= 11 is 1.66. The van der Waals surface area contributed by atoms with Gasteiger partial charge in [0.05, 0.1) is 5.54 Å². The molecule has 6 nitrogen and oxygen atoms in total. The number of sulfone groups is 1. The molecule has 0 spiro atoms. The van der Waals surface area contributed by atoms with Crippen molar-refractivity contribution < 1.29 is 17.9 Å². The van der Waals surface area contributed by atoms with Gasteiger partial charge in [-0.25, -0.2) is 8.42 Å². The third-order valence-electron chi connectivity index (χ3n) is 3.91. The molecule has 8 heteroatoms. The topological polar surface area (TPSA) is 81.9 Å². The number of rotatable bonds is 7. The molecule has 0 aromatic rings. The lowest BCUT2D eigenvalue weighted by molar-refractivity contribution is -0.182. The fraction of sp³-hybridized carbons (Fsp3) is 1.00. The van der Waals surface area contributed by atoms with E-state index in [4.69, 9.17) is 15.2 Å². The summed E-state index contributed by atoms with van der Waals surface area (Å²) in [6.45, 7) is 4.50. The molecule has 1 heterocycles. The summed E-state index contributed by atoms with van der Waals surface area (Å²) < 4.78 is 35.4. The summed E-state index contributed by atoms with van der Waals surface area (Å²) in [6.07, 6.45) is -0.565. The van der Waals surface area contributed by atoms with E-state index in [-0.39, 0.29) is 12.3 Å². The SMILES string of the molecule is CCS(=O)(=O)C1CSCCN1C(C)(CN)C(OC)OC. The van der Waals surface area contributed by atoms with Crippen molar-refractivity contribution in [1.82, 2.24) is 4.90 Å². The standard InChI is InChI=1S/C12H26N2O4S2/c1-5-20(15,16)10-8-19-7-6-14(10)12(2,9-13)11(17-3)18-4/h10-11H,5-9,13H2,1-4H3. The summed E-state index contributed by atoms with van der Waals surface area (Å²) in [4.78, 5) is 1.94. The number of methoxy groups -OCH3 is 2. The Morgan fingerprint density at radius 3 is 2.50 bits per heavy atom. The van der Waals surface area contributed by atoms with Gasteiger partial charge in [0.1, 0.15) is 5.37 Å². The Bertz CT molecular complexity index is 400. The zero-order chi connectivity index (χ0) is 15.4. The molecule has 0 amide bonds. The van der Waals surface area contributed by atoms with Crippen molar-refractivity contribution in [2.75, 3.05) is 44.6 Å². The molecule has 2 atom stereocenters.